The number of nitrogens with one attached hydrogen (secondary N) is 1. The number of carbonyl (C=O) groups is 2. The van der Waals surface area contributed by atoms with Crippen molar-refractivity contribution in [3.63, 3.8) is 0 Å². The Bertz CT molecular complexity index is 1120. The van der Waals surface area contributed by atoms with E-state index in [9.17, 15) is 9.59 Å². The third kappa shape index (κ3) is 5.52. The number of Topliss-reactive ketones (excluding diaryl/α,β-unsaturated/α-hetero) is 1. The molecular formula is C26H29ClN4O2. The van der Waals surface area contributed by atoms with Crippen molar-refractivity contribution in [2.75, 3.05) is 25.0 Å². The number of hydrogen-bond acceptors (Lipinski definition) is 4. The maximum Gasteiger partial charge on any atom is 0.225 e. The topological polar surface area (TPSA) is 67.2 Å². The quantitative estimate of drug-likeness (QED) is 0.496. The van der Waals surface area contributed by atoms with E-state index in [0.717, 1.165) is 54.3 Å². The zero-order valence-corrected chi connectivity index (χ0v) is 19.8. The van der Waals surface area contributed by atoms with Gasteiger partial charge in [-0.05, 0) is 76.2 Å². The van der Waals surface area contributed by atoms with Crippen LogP contribution in [0, 0.1) is 19.8 Å². The lowest BCUT2D eigenvalue weighted by molar-refractivity contribution is -0.116. The molecule has 0 unspecified atom stereocenters. The molecule has 1 aliphatic rings. The number of halogens is 1. The molecule has 0 spiro atoms. The molecule has 3 aromatic rings. The number of hydrogen-bond donors (Lipinski definition) is 1. The second-order valence-corrected chi connectivity index (χ2v) is 9.01. The summed E-state index contributed by atoms with van der Waals surface area (Å²) in [5.74, 6) is 0.198. The summed E-state index contributed by atoms with van der Waals surface area (Å²) < 4.78 is 1.85. The van der Waals surface area contributed by atoms with E-state index in [1.54, 1.807) is 24.3 Å². The van der Waals surface area contributed by atoms with E-state index in [1.165, 1.54) is 0 Å². The van der Waals surface area contributed by atoms with E-state index >= 15 is 0 Å². The highest BCUT2D eigenvalue weighted by molar-refractivity contribution is 6.30. The van der Waals surface area contributed by atoms with Crippen molar-refractivity contribution in [3.8, 4) is 5.69 Å². The first-order chi connectivity index (χ1) is 15.9. The molecule has 33 heavy (non-hydrogen) atoms. The van der Waals surface area contributed by atoms with Crippen LogP contribution in [0.3, 0.4) is 0 Å². The lowest BCUT2D eigenvalue weighted by Gasteiger charge is -2.31. The van der Waals surface area contributed by atoms with Crippen LogP contribution in [0.1, 0.15) is 41.0 Å². The van der Waals surface area contributed by atoms with Gasteiger partial charge in [-0.15, -0.1) is 0 Å². The van der Waals surface area contributed by atoms with Crippen LogP contribution in [0.15, 0.2) is 54.6 Å². The third-order valence-electron chi connectivity index (χ3n) is 6.30. The number of nitrogens with zero attached hydrogens (tertiary/aromatic N) is 3. The molecule has 1 amide bonds. The van der Waals surface area contributed by atoms with E-state index in [0.29, 0.717) is 18.0 Å². The van der Waals surface area contributed by atoms with Crippen LogP contribution >= 0.6 is 11.6 Å². The fraction of sp³-hybridized carbons (Fsp3) is 0.346. The standard InChI is InChI=1S/C26H29ClN4O2/c1-18-25(19(2)31(29-18)23-6-4-3-5-7-23)28-24(32)14-17-30-15-12-21(13-16-30)26(33)20-8-10-22(27)11-9-20/h3-11,21H,12-17H2,1-2H3,(H,28,32). The van der Waals surface area contributed by atoms with Crippen LogP contribution in [0.2, 0.25) is 5.02 Å². The molecule has 6 nitrogen and oxygen atoms in total. The first-order valence-corrected chi connectivity index (χ1v) is 11.7. The average molecular weight is 465 g/mol. The number of ketones is 1. The molecule has 7 heteroatoms. The Hall–Kier alpha value is -2.96. The Balaban J connectivity index is 1.27. The van der Waals surface area contributed by atoms with Crippen LogP contribution < -0.4 is 5.32 Å². The SMILES string of the molecule is Cc1nn(-c2ccccc2)c(C)c1NC(=O)CCN1CCC(C(=O)c2ccc(Cl)cc2)CC1. The molecule has 1 aliphatic heterocycles. The summed E-state index contributed by atoms with van der Waals surface area (Å²) in [6, 6.07) is 17.0. The van der Waals surface area contributed by atoms with Gasteiger partial charge in [0.25, 0.3) is 0 Å². The van der Waals surface area contributed by atoms with Crippen molar-refractivity contribution >= 4 is 29.0 Å². The van der Waals surface area contributed by atoms with Gasteiger partial charge in [-0.1, -0.05) is 29.8 Å². The van der Waals surface area contributed by atoms with Gasteiger partial charge < -0.3 is 10.2 Å². The molecule has 172 valence electrons. The average Bonchev–Trinajstić information content (AvgIpc) is 3.12. The molecule has 0 atom stereocenters. The van der Waals surface area contributed by atoms with Gasteiger partial charge in [0.05, 0.1) is 22.8 Å². The smallest absolute Gasteiger partial charge is 0.225 e. The number of para-hydroxylation sites is 1. The maximum absolute atomic E-state index is 12.7. The molecule has 0 bridgehead atoms. The lowest BCUT2D eigenvalue weighted by atomic mass is 9.89. The molecule has 1 saturated heterocycles. The molecule has 1 fully saturated rings. The number of benzene rings is 2. The van der Waals surface area contributed by atoms with Crippen LogP contribution in [0.5, 0.6) is 0 Å². The molecule has 1 aromatic heterocycles. The number of carbonyl (C=O) groups excluding carboxylic acids is 2. The van der Waals surface area contributed by atoms with Gasteiger partial charge in [0.15, 0.2) is 5.78 Å². The maximum atomic E-state index is 12.7. The van der Waals surface area contributed by atoms with Gasteiger partial charge in [0, 0.05) is 29.5 Å². The van der Waals surface area contributed by atoms with Crippen molar-refractivity contribution in [2.24, 2.45) is 5.92 Å². The number of amides is 1. The van der Waals surface area contributed by atoms with E-state index in [1.807, 2.05) is 48.9 Å². The minimum Gasteiger partial charge on any atom is -0.323 e. The molecule has 2 aromatic carbocycles. The second kappa shape index (κ2) is 10.3. The Morgan fingerprint density at radius 3 is 2.36 bits per heavy atom. The Labute approximate surface area is 199 Å². The monoisotopic (exact) mass is 464 g/mol. The largest absolute Gasteiger partial charge is 0.323 e. The summed E-state index contributed by atoms with van der Waals surface area (Å²) in [6.45, 7) is 6.19. The molecule has 0 radical (unpaired) electrons. The van der Waals surface area contributed by atoms with E-state index in [2.05, 4.69) is 15.3 Å². The van der Waals surface area contributed by atoms with Gasteiger partial charge in [-0.2, -0.15) is 5.10 Å². The Morgan fingerprint density at radius 1 is 1.03 bits per heavy atom. The number of aryl methyl sites for hydroxylation is 1. The number of anilines is 1. The Morgan fingerprint density at radius 2 is 1.70 bits per heavy atom. The highest BCUT2D eigenvalue weighted by atomic mass is 35.5. The summed E-state index contributed by atoms with van der Waals surface area (Å²) in [7, 11) is 0. The van der Waals surface area contributed by atoms with Crippen LogP contribution in [0.25, 0.3) is 5.69 Å². The van der Waals surface area contributed by atoms with Gasteiger partial charge in [-0.3, -0.25) is 9.59 Å². The summed E-state index contributed by atoms with van der Waals surface area (Å²) in [4.78, 5) is 27.6. The van der Waals surface area contributed by atoms with Gasteiger partial charge in [-0.25, -0.2) is 4.68 Å². The minimum atomic E-state index is -0.0202. The predicted molar refractivity (Wildman–Crippen MR) is 131 cm³/mol. The lowest BCUT2D eigenvalue weighted by Crippen LogP contribution is -2.38. The van der Waals surface area contributed by atoms with Crippen LogP contribution in [-0.2, 0) is 4.79 Å². The van der Waals surface area contributed by atoms with Crippen molar-refractivity contribution in [1.82, 2.24) is 14.7 Å². The molecule has 1 N–H and O–H groups in total. The fourth-order valence-corrected chi connectivity index (χ4v) is 4.50. The molecule has 0 aliphatic carbocycles. The van der Waals surface area contributed by atoms with Gasteiger partial charge >= 0.3 is 0 Å². The Kier molecular flexibility index (Phi) is 7.26. The number of piperidine rings is 1. The van der Waals surface area contributed by atoms with Crippen molar-refractivity contribution in [3.05, 3.63) is 76.6 Å². The summed E-state index contributed by atoms with van der Waals surface area (Å²) in [5, 5.41) is 8.27. The van der Waals surface area contributed by atoms with Crippen molar-refractivity contribution in [1.29, 1.82) is 0 Å². The third-order valence-corrected chi connectivity index (χ3v) is 6.55. The van der Waals surface area contributed by atoms with Gasteiger partial charge in [0.1, 0.15) is 0 Å². The number of rotatable bonds is 7. The van der Waals surface area contributed by atoms with Crippen molar-refractivity contribution < 1.29 is 9.59 Å². The second-order valence-electron chi connectivity index (χ2n) is 8.58. The molecule has 0 saturated carbocycles. The number of likely N-dealkylation sites (tertiary alicyclic amines) is 1. The molecular weight excluding hydrogens is 436 g/mol. The highest BCUT2D eigenvalue weighted by Gasteiger charge is 2.26. The zero-order chi connectivity index (χ0) is 23.4. The zero-order valence-electron chi connectivity index (χ0n) is 19.1. The van der Waals surface area contributed by atoms with E-state index in [-0.39, 0.29) is 17.6 Å². The van der Waals surface area contributed by atoms with Crippen LogP contribution in [0.4, 0.5) is 5.69 Å². The first kappa shape index (κ1) is 23.2. The van der Waals surface area contributed by atoms with E-state index < -0.39 is 0 Å². The highest BCUT2D eigenvalue weighted by Crippen LogP contribution is 2.24. The predicted octanol–water partition coefficient (Wildman–Crippen LogP) is 5.07. The normalized spacial score (nSPS) is 14.9. The van der Waals surface area contributed by atoms with Crippen LogP contribution in [-0.4, -0.2) is 46.0 Å². The van der Waals surface area contributed by atoms with Crippen molar-refractivity contribution in [2.45, 2.75) is 33.1 Å². The first-order valence-electron chi connectivity index (χ1n) is 11.4. The number of aromatic nitrogens is 2. The summed E-state index contributed by atoms with van der Waals surface area (Å²) in [6.07, 6.45) is 2.03. The van der Waals surface area contributed by atoms with Gasteiger partial charge in [0.2, 0.25) is 5.91 Å². The minimum absolute atomic E-state index is 0.0202. The molecule has 4 rings (SSSR count). The summed E-state index contributed by atoms with van der Waals surface area (Å²) >= 11 is 5.92. The molecule has 2 heterocycles. The fourth-order valence-electron chi connectivity index (χ4n) is 4.37. The summed E-state index contributed by atoms with van der Waals surface area (Å²) in [5.41, 5.74) is 4.17. The van der Waals surface area contributed by atoms with E-state index in [4.69, 9.17) is 11.6 Å².